The Kier molecular flexibility index (Phi) is 10.7. The minimum atomic E-state index is -4.86. The summed E-state index contributed by atoms with van der Waals surface area (Å²) in [6, 6.07) is 0. The summed E-state index contributed by atoms with van der Waals surface area (Å²) >= 11 is 0. The molecule has 0 spiro atoms. The van der Waals surface area contributed by atoms with Crippen molar-refractivity contribution in [3.63, 3.8) is 0 Å². The predicted molar refractivity (Wildman–Crippen MR) is 136 cm³/mol. The first-order chi connectivity index (χ1) is 15.5. The Balaban J connectivity index is 1.82. The first-order valence-electron chi connectivity index (χ1n) is 12.1. The highest BCUT2D eigenvalue weighted by Gasteiger charge is 2.42. The van der Waals surface area contributed by atoms with E-state index in [1.165, 1.54) is 40.9 Å². The van der Waals surface area contributed by atoms with Gasteiger partial charge in [-0.05, 0) is 44.3 Å². The summed E-state index contributed by atoms with van der Waals surface area (Å²) in [4.78, 5) is 11.1. The normalized spacial score (nSPS) is 24.8. The van der Waals surface area contributed by atoms with E-state index in [1.807, 2.05) is 5.32 Å². The monoisotopic (exact) mass is 545 g/mol. The molecule has 3 atom stereocenters. The van der Waals surface area contributed by atoms with Crippen molar-refractivity contribution in [3.05, 3.63) is 0 Å². The molecule has 1 heterocycles. The zero-order valence-electron chi connectivity index (χ0n) is 21.5. The van der Waals surface area contributed by atoms with Gasteiger partial charge in [0.1, 0.15) is 12.0 Å². The number of amides is 1. The molecule has 0 aromatic carbocycles. The quantitative estimate of drug-likeness (QED) is 0.130. The van der Waals surface area contributed by atoms with E-state index in [1.54, 1.807) is 13.8 Å². The van der Waals surface area contributed by atoms with E-state index in [2.05, 4.69) is 33.9 Å². The molecule has 2 aliphatic rings. The van der Waals surface area contributed by atoms with Crippen molar-refractivity contribution in [1.29, 1.82) is 0 Å². The molecule has 1 saturated heterocycles. The Bertz CT molecular complexity index is 670. The molecule has 34 heavy (non-hydrogen) atoms. The molecule has 0 aromatic heterocycles. The second-order valence-corrected chi connectivity index (χ2v) is 19.4. The summed E-state index contributed by atoms with van der Waals surface area (Å²) < 4.78 is 55.7. The average Bonchev–Trinajstić information content (AvgIpc) is 3.05. The molecular weight excluding hydrogens is 503 g/mol. The van der Waals surface area contributed by atoms with Gasteiger partial charge in [-0.3, -0.25) is 4.79 Å². The highest BCUT2D eigenvalue weighted by atomic mass is 33.1. The van der Waals surface area contributed by atoms with E-state index in [9.17, 15) is 18.0 Å². The molecule has 1 aliphatic carbocycles. The zero-order chi connectivity index (χ0) is 25.8. The lowest BCUT2D eigenvalue weighted by molar-refractivity contribution is -0.173. The van der Waals surface area contributed by atoms with Crippen LogP contribution in [0.25, 0.3) is 0 Å². The summed E-state index contributed by atoms with van der Waals surface area (Å²) in [5.41, 5.74) is 0. The number of alkyl halides is 3. The Morgan fingerprint density at radius 3 is 2.32 bits per heavy atom. The lowest BCUT2D eigenvalue weighted by Crippen LogP contribution is -2.44. The lowest BCUT2D eigenvalue weighted by Gasteiger charge is -2.37. The molecule has 0 radical (unpaired) electrons. The maximum atomic E-state index is 12.4. The fourth-order valence-corrected chi connectivity index (χ4v) is 6.79. The van der Waals surface area contributed by atoms with Crippen molar-refractivity contribution < 1.29 is 31.9 Å². The van der Waals surface area contributed by atoms with Crippen LogP contribution in [0.1, 0.15) is 66.7 Å². The first-order valence-corrected chi connectivity index (χ1v) is 17.3. The predicted octanol–water partition coefficient (Wildman–Crippen LogP) is 6.54. The van der Waals surface area contributed by atoms with E-state index in [-0.39, 0.29) is 29.9 Å². The fraction of sp³-hybridized carbons (Fsp3) is 0.957. The Morgan fingerprint density at radius 1 is 1.15 bits per heavy atom. The van der Waals surface area contributed by atoms with Crippen LogP contribution < -0.4 is 5.32 Å². The Labute approximate surface area is 211 Å². The number of ether oxygens (including phenoxy) is 2. The number of halogens is 3. The van der Waals surface area contributed by atoms with Gasteiger partial charge in [0.25, 0.3) is 0 Å². The summed E-state index contributed by atoms with van der Waals surface area (Å²) in [5.74, 6) is -0.766. The van der Waals surface area contributed by atoms with Gasteiger partial charge < -0.3 is 19.2 Å². The molecule has 1 amide bonds. The summed E-state index contributed by atoms with van der Waals surface area (Å²) in [6.07, 6.45) is 0.947. The van der Waals surface area contributed by atoms with Crippen LogP contribution in [-0.4, -0.2) is 62.6 Å². The van der Waals surface area contributed by atoms with Gasteiger partial charge in [0, 0.05) is 17.7 Å². The molecule has 2 fully saturated rings. The smallest absolute Gasteiger partial charge is 0.414 e. The largest absolute Gasteiger partial charge is 0.471 e. The van der Waals surface area contributed by atoms with Crippen LogP contribution in [0, 0.1) is 5.92 Å². The number of hydrogen-bond acceptors (Lipinski definition) is 6. The molecule has 1 unspecified atom stereocenters. The summed E-state index contributed by atoms with van der Waals surface area (Å²) in [7, 11) is 0.940. The zero-order valence-corrected chi connectivity index (χ0v) is 24.2. The van der Waals surface area contributed by atoms with E-state index >= 15 is 0 Å². The van der Waals surface area contributed by atoms with Gasteiger partial charge in [0.15, 0.2) is 8.32 Å². The average molecular weight is 546 g/mol. The highest BCUT2D eigenvalue weighted by Crippen LogP contribution is 2.40. The van der Waals surface area contributed by atoms with Gasteiger partial charge in [0.05, 0.1) is 18.8 Å². The molecule has 5 nitrogen and oxygen atoms in total. The standard InChI is InChI=1S/C23H42F3NO4S2Si/c1-21(2,3)34(6,7)30-13-19-18(12-17(31-19)11-16-9-8-10-16)29-15-32-33-22(4,5)14-27-20(28)23(24,25)26/h16-19H,8-15H2,1-7H3,(H,27,28)/t17-,18?,19+/m0/s1. The topological polar surface area (TPSA) is 56.8 Å². The maximum Gasteiger partial charge on any atom is 0.471 e. The number of carbonyl (C=O) groups excluding carboxylic acids is 1. The number of hydrogen-bond donors (Lipinski definition) is 1. The third-order valence-corrected chi connectivity index (χ3v) is 14.5. The van der Waals surface area contributed by atoms with E-state index in [0.717, 1.165) is 18.8 Å². The second kappa shape index (κ2) is 12.1. The van der Waals surface area contributed by atoms with Crippen molar-refractivity contribution in [2.24, 2.45) is 5.92 Å². The van der Waals surface area contributed by atoms with E-state index < -0.39 is 25.1 Å². The van der Waals surface area contributed by atoms with Crippen molar-refractivity contribution in [1.82, 2.24) is 5.32 Å². The van der Waals surface area contributed by atoms with Crippen LogP contribution in [0.15, 0.2) is 0 Å². The molecule has 11 heteroatoms. The molecule has 1 saturated carbocycles. The Morgan fingerprint density at radius 2 is 1.79 bits per heavy atom. The van der Waals surface area contributed by atoms with Crippen LogP contribution in [0.2, 0.25) is 18.1 Å². The van der Waals surface area contributed by atoms with Gasteiger partial charge >= 0.3 is 12.1 Å². The van der Waals surface area contributed by atoms with Crippen LogP contribution >= 0.6 is 21.6 Å². The number of carbonyl (C=O) groups is 1. The first kappa shape index (κ1) is 30.3. The van der Waals surface area contributed by atoms with Crippen LogP contribution in [0.5, 0.6) is 0 Å². The molecule has 0 bridgehead atoms. The fourth-order valence-electron chi connectivity index (χ4n) is 3.60. The lowest BCUT2D eigenvalue weighted by atomic mass is 9.81. The van der Waals surface area contributed by atoms with E-state index in [0.29, 0.717) is 12.5 Å². The van der Waals surface area contributed by atoms with Gasteiger partial charge in [-0.15, -0.1) is 0 Å². The maximum absolute atomic E-state index is 12.4. The third-order valence-electron chi connectivity index (χ3n) is 7.06. The van der Waals surface area contributed by atoms with Crippen LogP contribution in [0.4, 0.5) is 13.2 Å². The number of rotatable bonds is 12. The van der Waals surface area contributed by atoms with Gasteiger partial charge in [-0.25, -0.2) is 0 Å². The molecule has 1 aliphatic heterocycles. The molecule has 0 aromatic rings. The van der Waals surface area contributed by atoms with Gasteiger partial charge in [-0.2, -0.15) is 13.2 Å². The summed E-state index contributed by atoms with van der Waals surface area (Å²) in [6.45, 7) is 15.1. The van der Waals surface area contributed by atoms with Crippen molar-refractivity contribution >= 4 is 35.8 Å². The Hall–Kier alpha value is 0.0569. The highest BCUT2D eigenvalue weighted by molar-refractivity contribution is 8.77. The van der Waals surface area contributed by atoms with Crippen molar-refractivity contribution in [3.8, 4) is 0 Å². The van der Waals surface area contributed by atoms with Gasteiger partial charge in [-0.1, -0.05) is 61.6 Å². The number of nitrogens with one attached hydrogen (secondary N) is 1. The minimum absolute atomic E-state index is 0.0593. The van der Waals surface area contributed by atoms with E-state index in [4.69, 9.17) is 13.9 Å². The van der Waals surface area contributed by atoms with Gasteiger partial charge in [0.2, 0.25) is 0 Å². The SMILES string of the molecule is CC(C)(CNC(=O)C(F)(F)F)SSCOC1C[C@H](CC2CCC2)O[C@@H]1CO[Si](C)(C)C(C)(C)C. The molecule has 200 valence electrons. The van der Waals surface area contributed by atoms with Crippen LogP contribution in [-0.2, 0) is 18.7 Å². The van der Waals surface area contributed by atoms with Crippen molar-refractivity contribution in [2.75, 3.05) is 19.1 Å². The molecule has 1 N–H and O–H groups in total. The second-order valence-electron chi connectivity index (χ2n) is 11.6. The third kappa shape index (κ3) is 9.50. The molecule has 2 rings (SSSR count). The van der Waals surface area contributed by atoms with Crippen molar-refractivity contribution in [2.45, 2.75) is 114 Å². The minimum Gasteiger partial charge on any atom is -0.414 e. The van der Waals surface area contributed by atoms with Crippen LogP contribution in [0.3, 0.4) is 0 Å². The molecular formula is C23H42F3NO4S2Si. The summed E-state index contributed by atoms with van der Waals surface area (Å²) in [5, 5.41) is 2.08.